The summed E-state index contributed by atoms with van der Waals surface area (Å²) in [5.41, 5.74) is 4.79. The van der Waals surface area contributed by atoms with Crippen LogP contribution in [0.15, 0.2) is 0 Å². The minimum Gasteiger partial charge on any atom is -0.293 e. The molecule has 0 aliphatic heterocycles. The van der Waals surface area contributed by atoms with Gasteiger partial charge in [0.25, 0.3) is 0 Å². The third kappa shape index (κ3) is 12.9. The van der Waals surface area contributed by atoms with E-state index in [4.69, 9.17) is 16.7 Å². The summed E-state index contributed by atoms with van der Waals surface area (Å²) in [6, 6.07) is 0. The topological polar surface area (TPSA) is 26.0 Å². The lowest BCUT2D eigenvalue weighted by Gasteiger charge is -1.63. The van der Waals surface area contributed by atoms with E-state index >= 15 is 0 Å². The summed E-state index contributed by atoms with van der Waals surface area (Å²) >= 11 is 9.23. The normalized spacial score (nSPS) is 15.5. The highest BCUT2D eigenvalue weighted by Gasteiger charge is 1.55. The highest BCUT2D eigenvalue weighted by Crippen LogP contribution is 2.12. The molecule has 0 amide bonds. The second-order valence-corrected chi connectivity index (χ2v) is 4.13. The van der Waals surface area contributed by atoms with E-state index in [2.05, 4.69) is 11.8 Å². The van der Waals surface area contributed by atoms with Gasteiger partial charge in [0.1, 0.15) is 0 Å². The van der Waals surface area contributed by atoms with E-state index < -0.39 is 6.20 Å². The predicted octanol–water partition coefficient (Wildman–Crippen LogP) is 0.690. The van der Waals surface area contributed by atoms with E-state index in [0.717, 1.165) is 0 Å². The monoisotopic (exact) mass is 115 g/mol. The lowest BCUT2D eigenvalue weighted by atomic mass is 13.9. The van der Waals surface area contributed by atoms with E-state index in [1.807, 2.05) is 0 Å². The average molecular weight is 116 g/mol. The fraction of sp³-hybridized carbons (Fsp3) is 0. The van der Waals surface area contributed by atoms with Gasteiger partial charge < -0.3 is 0 Å². The molecule has 0 bridgehead atoms. The van der Waals surface area contributed by atoms with Crippen molar-refractivity contribution in [3.8, 4) is 0 Å². The second kappa shape index (κ2) is 2.16. The van der Waals surface area contributed by atoms with Gasteiger partial charge in [0.05, 0.1) is 6.20 Å². The molecule has 2 N–H and O–H groups in total. The van der Waals surface area contributed by atoms with Crippen LogP contribution in [0.3, 0.4) is 0 Å². The Balaban J connectivity index is 2.80. The van der Waals surface area contributed by atoms with Crippen LogP contribution in [-0.4, -0.2) is 0 Å². The lowest BCUT2D eigenvalue weighted by Crippen LogP contribution is -1.60. The Morgan fingerprint density at radius 1 is 2.00 bits per heavy atom. The lowest BCUT2D eigenvalue weighted by molar-refractivity contribution is 2.04. The second-order valence-electron chi connectivity index (χ2n) is 0.304. The van der Waals surface area contributed by atoms with Gasteiger partial charge in [-0.15, -0.1) is 0 Å². The fourth-order valence-corrected chi connectivity index (χ4v) is 0. The Morgan fingerprint density at radius 3 is 2.00 bits per heavy atom. The maximum Gasteiger partial charge on any atom is 0.0818 e. The molecule has 0 saturated carbocycles. The van der Waals surface area contributed by atoms with Crippen LogP contribution in [-0.2, 0) is 11.8 Å². The van der Waals surface area contributed by atoms with Gasteiger partial charge in [0, 0.05) is 0 Å². The number of nitrogens with two attached hydrogens (primary N) is 1. The van der Waals surface area contributed by atoms with Gasteiger partial charge in [-0.25, -0.2) is 0 Å². The Morgan fingerprint density at radius 2 is 2.00 bits per heavy atom. The molecule has 0 aliphatic rings. The van der Waals surface area contributed by atoms with E-state index in [-0.39, 0.29) is 0 Å². The Kier molecular flexibility index (Phi) is 2.64. The van der Waals surface area contributed by atoms with Crippen molar-refractivity contribution < 1.29 is 0 Å². The van der Waals surface area contributed by atoms with E-state index in [1.165, 1.54) is 0 Å². The molecular weight excluding hydrogens is 113 g/mol. The molecule has 0 aromatic carbocycles. The van der Waals surface area contributed by atoms with E-state index in [1.54, 1.807) is 0 Å². The maximum atomic E-state index is 4.97. The van der Waals surface area contributed by atoms with Crippen molar-refractivity contribution in [1.82, 2.24) is 0 Å². The molecule has 1 unspecified atom stereocenters. The van der Waals surface area contributed by atoms with E-state index in [0.29, 0.717) is 0 Å². The Hall–Kier alpha value is 0.900. The number of hydrogen-bond donors (Lipinski definition) is 1. The number of hydrogen-bond acceptors (Lipinski definition) is 1. The van der Waals surface area contributed by atoms with Crippen molar-refractivity contribution >= 4 is 29.2 Å². The first kappa shape index (κ1) is 4.90. The van der Waals surface area contributed by atoms with Crippen LogP contribution in [0.5, 0.6) is 0 Å². The van der Waals surface area contributed by atoms with Crippen LogP contribution in [0.2, 0.25) is 0 Å². The highest BCUT2D eigenvalue weighted by atomic mass is 35.7. The van der Waals surface area contributed by atoms with Gasteiger partial charge >= 0.3 is 0 Å². The predicted molar refractivity (Wildman–Crippen MR) is 25.7 cm³/mol. The Bertz CT molecular complexity index is 31.0. The molecular formula is H3ClNPS. The van der Waals surface area contributed by atoms with Crippen LogP contribution in [0, 0.1) is 0 Å². The maximum absolute atomic E-state index is 4.97. The van der Waals surface area contributed by atoms with Crippen molar-refractivity contribution in [1.29, 1.82) is 0 Å². The molecule has 0 radical (unpaired) electrons. The van der Waals surface area contributed by atoms with Gasteiger partial charge in [-0.05, 0) is 0 Å². The summed E-state index contributed by atoms with van der Waals surface area (Å²) in [4.78, 5) is 0. The standard InChI is InChI=1S/ClH3NPS/c1-3(2)4/h3H,(H2,2,4). The SMILES string of the molecule is N[PH](=S)Cl. The quantitative estimate of drug-likeness (QED) is 0.470. The number of rotatable bonds is 0. The fourth-order valence-electron chi connectivity index (χ4n) is 0. The van der Waals surface area contributed by atoms with Gasteiger partial charge in [-0.2, -0.15) is 0 Å². The average Bonchev–Trinajstić information content (AvgIpc) is 0.811. The molecule has 0 spiro atoms. The van der Waals surface area contributed by atoms with Crippen molar-refractivity contribution in [2.75, 3.05) is 0 Å². The van der Waals surface area contributed by atoms with Crippen LogP contribution < -0.4 is 5.50 Å². The third-order valence-electron chi connectivity index (χ3n) is 0. The van der Waals surface area contributed by atoms with Crippen molar-refractivity contribution in [3.05, 3.63) is 0 Å². The van der Waals surface area contributed by atoms with Gasteiger partial charge in [-0.1, -0.05) is 23.0 Å². The molecule has 0 fully saturated rings. The molecule has 4 heavy (non-hydrogen) atoms. The molecule has 0 saturated heterocycles. The van der Waals surface area contributed by atoms with Gasteiger partial charge in [0.2, 0.25) is 0 Å². The minimum absolute atomic E-state index is 1.32. The molecule has 0 aromatic heterocycles. The number of halogens is 1. The Labute approximate surface area is 35.4 Å². The van der Waals surface area contributed by atoms with E-state index in [9.17, 15) is 0 Å². The zero-order chi connectivity index (χ0) is 3.58. The molecule has 26 valence electrons. The largest absolute Gasteiger partial charge is 0.293 e. The summed E-state index contributed by atoms with van der Waals surface area (Å²) in [5, 5.41) is 0. The summed E-state index contributed by atoms with van der Waals surface area (Å²) in [6.07, 6.45) is -1.32. The zero-order valence-corrected chi connectivity index (χ0v) is 4.44. The molecule has 1 atom stereocenters. The van der Waals surface area contributed by atoms with Crippen LogP contribution in [0.4, 0.5) is 0 Å². The molecule has 4 heteroatoms. The van der Waals surface area contributed by atoms with Crippen molar-refractivity contribution in [2.45, 2.75) is 0 Å². The van der Waals surface area contributed by atoms with Crippen molar-refractivity contribution in [2.24, 2.45) is 5.50 Å². The highest BCUT2D eigenvalue weighted by molar-refractivity contribution is 8.16. The summed E-state index contributed by atoms with van der Waals surface area (Å²) < 4.78 is 0. The smallest absolute Gasteiger partial charge is 0.0818 e. The third-order valence-corrected chi connectivity index (χ3v) is 0. The van der Waals surface area contributed by atoms with Crippen LogP contribution >= 0.6 is 17.4 Å². The first-order valence-corrected chi connectivity index (χ1v) is 4.40. The molecule has 0 aliphatic carbocycles. The van der Waals surface area contributed by atoms with Gasteiger partial charge in [0.15, 0.2) is 0 Å². The summed E-state index contributed by atoms with van der Waals surface area (Å²) in [7, 11) is 0. The first-order valence-electron chi connectivity index (χ1n) is 0.682. The van der Waals surface area contributed by atoms with Gasteiger partial charge in [-0.3, -0.25) is 5.50 Å². The van der Waals surface area contributed by atoms with Crippen LogP contribution in [0.25, 0.3) is 0 Å². The molecule has 0 aromatic rings. The molecule has 0 rings (SSSR count). The van der Waals surface area contributed by atoms with Crippen LogP contribution in [0.1, 0.15) is 0 Å². The van der Waals surface area contributed by atoms with Crippen molar-refractivity contribution in [3.63, 3.8) is 0 Å². The molecule has 1 nitrogen and oxygen atoms in total. The minimum atomic E-state index is -1.32. The summed E-state index contributed by atoms with van der Waals surface area (Å²) in [6.45, 7) is 0. The first-order chi connectivity index (χ1) is 1.73. The molecule has 0 heterocycles. The summed E-state index contributed by atoms with van der Waals surface area (Å²) in [5.74, 6) is 0. The zero-order valence-electron chi connectivity index (χ0n) is 1.86.